The Labute approximate surface area is 103 Å². The summed E-state index contributed by atoms with van der Waals surface area (Å²) in [6, 6.07) is 6.79. The molecule has 0 N–H and O–H groups in total. The molecule has 3 nitrogen and oxygen atoms in total. The lowest BCUT2D eigenvalue weighted by Gasteiger charge is -2.20. The van der Waals surface area contributed by atoms with Crippen LogP contribution in [-0.2, 0) is 0 Å². The molecule has 2 rings (SSSR count). The molecule has 0 saturated carbocycles. The molecule has 1 unspecified atom stereocenters. The van der Waals surface area contributed by atoms with Crippen LogP contribution in [0.1, 0.15) is 29.7 Å². The van der Waals surface area contributed by atoms with Crippen LogP contribution >= 0.6 is 0 Å². The number of likely N-dealkylation sites (N-methyl/N-ethyl adjacent to an activating group) is 2. The summed E-state index contributed by atoms with van der Waals surface area (Å²) in [5.74, 6) is 0. The molecule has 1 fully saturated rings. The highest BCUT2D eigenvalue weighted by Gasteiger charge is 2.34. The molecule has 0 spiro atoms. The van der Waals surface area contributed by atoms with Gasteiger partial charge in [-0.25, -0.2) is 4.79 Å². The van der Waals surface area contributed by atoms with Crippen molar-refractivity contribution < 1.29 is 4.79 Å². The summed E-state index contributed by atoms with van der Waals surface area (Å²) in [7, 11) is 1.89. The molecule has 1 saturated heterocycles. The summed E-state index contributed by atoms with van der Waals surface area (Å²) in [4.78, 5) is 15.7. The Morgan fingerprint density at radius 2 is 2.06 bits per heavy atom. The van der Waals surface area contributed by atoms with Gasteiger partial charge in [-0.05, 0) is 31.9 Å². The van der Waals surface area contributed by atoms with E-state index in [9.17, 15) is 4.79 Å². The van der Waals surface area contributed by atoms with E-state index in [2.05, 4.69) is 32.0 Å². The van der Waals surface area contributed by atoms with Crippen molar-refractivity contribution in [3.63, 3.8) is 0 Å². The van der Waals surface area contributed by atoms with E-state index in [0.717, 1.165) is 13.1 Å². The molecule has 1 aromatic carbocycles. The van der Waals surface area contributed by atoms with E-state index < -0.39 is 0 Å². The average molecular weight is 232 g/mol. The summed E-state index contributed by atoms with van der Waals surface area (Å²) in [6.45, 7) is 7.82. The molecule has 1 aliphatic rings. The highest BCUT2D eigenvalue weighted by atomic mass is 16.2. The van der Waals surface area contributed by atoms with Gasteiger partial charge in [-0.3, -0.25) is 0 Å². The monoisotopic (exact) mass is 232 g/mol. The van der Waals surface area contributed by atoms with Crippen LogP contribution in [0.4, 0.5) is 4.79 Å². The first-order valence-electron chi connectivity index (χ1n) is 6.13. The maximum atomic E-state index is 12.0. The SMILES string of the molecule is CCN1CC(c2ccc(C)cc2C)N(C)C1=O. The number of carbonyl (C=O) groups excluding carboxylic acids is 1. The molecular formula is C14H20N2O. The second-order valence-electron chi connectivity index (χ2n) is 4.81. The lowest BCUT2D eigenvalue weighted by molar-refractivity contribution is 0.197. The van der Waals surface area contributed by atoms with Crippen molar-refractivity contribution in [1.29, 1.82) is 0 Å². The molecule has 1 atom stereocenters. The van der Waals surface area contributed by atoms with Crippen LogP contribution in [0.25, 0.3) is 0 Å². The maximum absolute atomic E-state index is 12.0. The highest BCUT2D eigenvalue weighted by Crippen LogP contribution is 2.30. The number of urea groups is 1. The van der Waals surface area contributed by atoms with Crippen LogP contribution in [0, 0.1) is 13.8 Å². The second-order valence-corrected chi connectivity index (χ2v) is 4.81. The molecule has 0 aromatic heterocycles. The molecule has 0 bridgehead atoms. The Bertz CT molecular complexity index is 442. The van der Waals surface area contributed by atoms with Crippen LogP contribution in [-0.4, -0.2) is 36.0 Å². The fraction of sp³-hybridized carbons (Fsp3) is 0.500. The predicted molar refractivity (Wildman–Crippen MR) is 69.1 cm³/mol. The van der Waals surface area contributed by atoms with Crippen molar-refractivity contribution in [2.24, 2.45) is 0 Å². The lowest BCUT2D eigenvalue weighted by Crippen LogP contribution is -2.29. The third-order valence-electron chi connectivity index (χ3n) is 3.60. The van der Waals surface area contributed by atoms with Gasteiger partial charge in [0, 0.05) is 20.1 Å². The van der Waals surface area contributed by atoms with Gasteiger partial charge in [-0.15, -0.1) is 0 Å². The van der Waals surface area contributed by atoms with Crippen molar-refractivity contribution in [3.8, 4) is 0 Å². The van der Waals surface area contributed by atoms with Crippen molar-refractivity contribution in [3.05, 3.63) is 34.9 Å². The van der Waals surface area contributed by atoms with Gasteiger partial charge < -0.3 is 9.80 Å². The predicted octanol–water partition coefficient (Wildman–Crippen LogP) is 2.73. The fourth-order valence-electron chi connectivity index (χ4n) is 2.54. The van der Waals surface area contributed by atoms with Gasteiger partial charge in [0.1, 0.15) is 0 Å². The summed E-state index contributed by atoms with van der Waals surface area (Å²) >= 11 is 0. The number of carbonyl (C=O) groups is 1. The van der Waals surface area contributed by atoms with Gasteiger partial charge in [0.2, 0.25) is 0 Å². The third-order valence-corrected chi connectivity index (χ3v) is 3.60. The minimum absolute atomic E-state index is 0.137. The molecule has 3 heteroatoms. The minimum atomic E-state index is 0.137. The number of hydrogen-bond acceptors (Lipinski definition) is 1. The standard InChI is InChI=1S/C14H20N2O/c1-5-16-9-13(15(4)14(16)17)12-7-6-10(2)8-11(12)3/h6-8,13H,5,9H2,1-4H3. The molecule has 0 aliphatic carbocycles. The quantitative estimate of drug-likeness (QED) is 0.769. The molecule has 1 heterocycles. The Morgan fingerprint density at radius 1 is 1.35 bits per heavy atom. The molecule has 1 aromatic rings. The van der Waals surface area contributed by atoms with Crippen molar-refractivity contribution >= 4 is 6.03 Å². The summed E-state index contributed by atoms with van der Waals surface area (Å²) in [6.07, 6.45) is 0. The first-order chi connectivity index (χ1) is 8.04. The van der Waals surface area contributed by atoms with E-state index in [-0.39, 0.29) is 12.1 Å². The number of rotatable bonds is 2. The first-order valence-corrected chi connectivity index (χ1v) is 6.13. The average Bonchev–Trinajstić information content (AvgIpc) is 2.57. The van der Waals surface area contributed by atoms with E-state index in [1.807, 2.05) is 23.8 Å². The van der Waals surface area contributed by atoms with Crippen molar-refractivity contribution in [1.82, 2.24) is 9.80 Å². The third kappa shape index (κ3) is 2.02. The summed E-state index contributed by atoms with van der Waals surface area (Å²) < 4.78 is 0. The minimum Gasteiger partial charge on any atom is -0.323 e. The Hall–Kier alpha value is -1.51. The van der Waals surface area contributed by atoms with E-state index in [4.69, 9.17) is 0 Å². The normalized spacial score (nSPS) is 20.2. The fourth-order valence-corrected chi connectivity index (χ4v) is 2.54. The van der Waals surface area contributed by atoms with Crippen LogP contribution in [0.2, 0.25) is 0 Å². The number of aryl methyl sites for hydroxylation is 2. The van der Waals surface area contributed by atoms with E-state index >= 15 is 0 Å². The Morgan fingerprint density at radius 3 is 2.59 bits per heavy atom. The van der Waals surface area contributed by atoms with Crippen LogP contribution in [0.15, 0.2) is 18.2 Å². The van der Waals surface area contributed by atoms with Gasteiger partial charge in [-0.2, -0.15) is 0 Å². The molecule has 92 valence electrons. The molecule has 1 aliphatic heterocycles. The van der Waals surface area contributed by atoms with E-state index in [1.165, 1.54) is 16.7 Å². The molecule has 2 amide bonds. The summed E-state index contributed by atoms with van der Waals surface area (Å²) in [5.41, 5.74) is 3.81. The lowest BCUT2D eigenvalue weighted by atomic mass is 9.99. The molecule has 0 radical (unpaired) electrons. The van der Waals surface area contributed by atoms with Gasteiger partial charge in [0.25, 0.3) is 0 Å². The smallest absolute Gasteiger partial charge is 0.320 e. The molecule has 17 heavy (non-hydrogen) atoms. The Balaban J connectivity index is 2.32. The largest absolute Gasteiger partial charge is 0.323 e. The van der Waals surface area contributed by atoms with Gasteiger partial charge in [0.05, 0.1) is 6.04 Å². The zero-order valence-electron chi connectivity index (χ0n) is 11.0. The van der Waals surface area contributed by atoms with Crippen LogP contribution < -0.4 is 0 Å². The van der Waals surface area contributed by atoms with Crippen LogP contribution in [0.3, 0.4) is 0 Å². The second kappa shape index (κ2) is 4.40. The van der Waals surface area contributed by atoms with Gasteiger partial charge >= 0.3 is 6.03 Å². The number of benzene rings is 1. The number of hydrogen-bond donors (Lipinski definition) is 0. The maximum Gasteiger partial charge on any atom is 0.320 e. The van der Waals surface area contributed by atoms with E-state index in [0.29, 0.717) is 0 Å². The number of amides is 2. The van der Waals surface area contributed by atoms with E-state index in [1.54, 1.807) is 0 Å². The van der Waals surface area contributed by atoms with Crippen molar-refractivity contribution in [2.45, 2.75) is 26.8 Å². The summed E-state index contributed by atoms with van der Waals surface area (Å²) in [5, 5.41) is 0. The molecular weight excluding hydrogens is 212 g/mol. The zero-order valence-corrected chi connectivity index (χ0v) is 11.0. The Kier molecular flexibility index (Phi) is 3.09. The number of nitrogens with zero attached hydrogens (tertiary/aromatic N) is 2. The topological polar surface area (TPSA) is 23.6 Å². The van der Waals surface area contributed by atoms with Crippen LogP contribution in [0.5, 0.6) is 0 Å². The van der Waals surface area contributed by atoms with Gasteiger partial charge in [-0.1, -0.05) is 23.8 Å². The van der Waals surface area contributed by atoms with Gasteiger partial charge in [0.15, 0.2) is 0 Å². The first kappa shape index (κ1) is 12.0. The highest BCUT2D eigenvalue weighted by molar-refractivity contribution is 5.77. The zero-order chi connectivity index (χ0) is 12.6. The van der Waals surface area contributed by atoms with Crippen molar-refractivity contribution in [2.75, 3.05) is 20.1 Å².